The smallest absolute Gasteiger partial charge is 0.317 e. The average molecular weight is 302 g/mol. The molecule has 0 saturated carbocycles. The van der Waals surface area contributed by atoms with Gasteiger partial charge in [0.1, 0.15) is 0 Å². The Kier molecular flexibility index (Phi) is 4.32. The van der Waals surface area contributed by atoms with E-state index < -0.39 is 21.8 Å². The first-order valence-electron chi connectivity index (χ1n) is 6.54. The van der Waals surface area contributed by atoms with Crippen molar-refractivity contribution in [2.45, 2.75) is 25.3 Å². The summed E-state index contributed by atoms with van der Waals surface area (Å²) in [6, 6.07) is -0.820. The lowest BCUT2D eigenvalue weighted by Crippen LogP contribution is -2.49. The van der Waals surface area contributed by atoms with Crippen LogP contribution in [-0.2, 0) is 14.6 Å². The van der Waals surface area contributed by atoms with Crippen LogP contribution in [0, 0.1) is 5.92 Å². The number of nitrogens with zero attached hydrogens (tertiary/aromatic N) is 1. The van der Waals surface area contributed by atoms with Gasteiger partial charge in [0.25, 0.3) is 0 Å². The molecule has 0 aromatic heterocycles. The molecule has 0 aromatic carbocycles. The molecular weight excluding hydrogens is 284 g/mol. The average Bonchev–Trinajstić information content (AvgIpc) is 2.68. The van der Waals surface area contributed by atoms with Crippen LogP contribution < -0.4 is 5.32 Å². The molecule has 1 fully saturated rings. The molecule has 1 saturated heterocycles. The van der Waals surface area contributed by atoms with Gasteiger partial charge in [-0.15, -0.1) is 0 Å². The van der Waals surface area contributed by atoms with E-state index in [0.29, 0.717) is 13.1 Å². The van der Waals surface area contributed by atoms with Crippen LogP contribution in [0.1, 0.15) is 19.3 Å². The first-order valence-corrected chi connectivity index (χ1v) is 8.25. The number of sulfone groups is 1. The standard InChI is InChI=1S/C12H18N2O5S/c15-11(16)6-9-2-1-4-14(7-9)12(17)13-10-3-5-20(18,19)8-10/h3,5,9-10H,1-2,4,6-8H2,(H,13,17)(H,15,16). The number of aliphatic carboxylic acids is 1. The van der Waals surface area contributed by atoms with Crippen molar-refractivity contribution in [2.24, 2.45) is 5.92 Å². The topological polar surface area (TPSA) is 104 Å². The third-order valence-electron chi connectivity index (χ3n) is 3.51. The van der Waals surface area contributed by atoms with Crippen LogP contribution in [-0.4, -0.2) is 55.3 Å². The number of nitrogens with one attached hydrogen (secondary N) is 1. The maximum Gasteiger partial charge on any atom is 0.317 e. The highest BCUT2D eigenvalue weighted by Crippen LogP contribution is 2.20. The number of likely N-dealkylation sites (tertiary alicyclic amines) is 1. The second-order valence-corrected chi connectivity index (χ2v) is 7.20. The number of hydrogen-bond donors (Lipinski definition) is 2. The summed E-state index contributed by atoms with van der Waals surface area (Å²) < 4.78 is 22.5. The number of carboxylic acids is 1. The van der Waals surface area contributed by atoms with Gasteiger partial charge in [-0.3, -0.25) is 4.79 Å². The van der Waals surface area contributed by atoms with E-state index in [2.05, 4.69) is 5.32 Å². The number of carboxylic acid groups (broad SMARTS) is 1. The molecule has 7 nitrogen and oxygen atoms in total. The molecule has 0 radical (unpaired) electrons. The fraction of sp³-hybridized carbons (Fsp3) is 0.667. The van der Waals surface area contributed by atoms with E-state index in [1.165, 1.54) is 6.08 Å². The van der Waals surface area contributed by atoms with E-state index in [1.807, 2.05) is 0 Å². The zero-order valence-electron chi connectivity index (χ0n) is 11.0. The Bertz CT molecular complexity index is 528. The summed E-state index contributed by atoms with van der Waals surface area (Å²) in [5, 5.41) is 12.5. The van der Waals surface area contributed by atoms with Gasteiger partial charge in [-0.1, -0.05) is 0 Å². The predicted octanol–water partition coefficient (Wildman–Crippen LogP) is 0.193. The van der Waals surface area contributed by atoms with Crippen molar-refractivity contribution in [1.29, 1.82) is 0 Å². The van der Waals surface area contributed by atoms with Gasteiger partial charge in [-0.25, -0.2) is 13.2 Å². The second-order valence-electron chi connectivity index (χ2n) is 5.27. The Morgan fingerprint density at radius 1 is 1.40 bits per heavy atom. The summed E-state index contributed by atoms with van der Waals surface area (Å²) in [4.78, 5) is 24.3. The van der Waals surface area contributed by atoms with Crippen LogP contribution in [0.4, 0.5) is 4.79 Å². The molecule has 8 heteroatoms. The van der Waals surface area contributed by atoms with Crippen molar-refractivity contribution in [2.75, 3.05) is 18.8 Å². The molecule has 0 aromatic rings. The summed E-state index contributed by atoms with van der Waals surface area (Å²) in [7, 11) is -3.19. The summed E-state index contributed by atoms with van der Waals surface area (Å²) in [6.07, 6.45) is 3.09. The number of hydrogen-bond acceptors (Lipinski definition) is 4. The molecule has 2 N–H and O–H groups in total. The molecule has 2 aliphatic heterocycles. The van der Waals surface area contributed by atoms with Gasteiger partial charge in [0, 0.05) is 24.9 Å². The van der Waals surface area contributed by atoms with E-state index >= 15 is 0 Å². The number of amides is 2. The van der Waals surface area contributed by atoms with Gasteiger partial charge in [0.15, 0.2) is 9.84 Å². The second kappa shape index (κ2) is 5.82. The van der Waals surface area contributed by atoms with Crippen molar-refractivity contribution in [1.82, 2.24) is 10.2 Å². The van der Waals surface area contributed by atoms with E-state index in [1.54, 1.807) is 4.90 Å². The van der Waals surface area contributed by atoms with Crippen LogP contribution in [0.5, 0.6) is 0 Å². The highest BCUT2D eigenvalue weighted by atomic mass is 32.2. The summed E-state index contributed by atoms with van der Waals surface area (Å²) in [6.45, 7) is 0.979. The molecule has 2 atom stereocenters. The summed E-state index contributed by atoms with van der Waals surface area (Å²) >= 11 is 0. The summed E-state index contributed by atoms with van der Waals surface area (Å²) in [5.74, 6) is -0.998. The van der Waals surface area contributed by atoms with Crippen molar-refractivity contribution in [3.63, 3.8) is 0 Å². The van der Waals surface area contributed by atoms with Gasteiger partial charge in [0.2, 0.25) is 0 Å². The number of rotatable bonds is 3. The van der Waals surface area contributed by atoms with E-state index in [4.69, 9.17) is 5.11 Å². The molecule has 2 aliphatic rings. The monoisotopic (exact) mass is 302 g/mol. The molecule has 2 heterocycles. The Hall–Kier alpha value is -1.57. The molecule has 2 rings (SSSR count). The number of urea groups is 1. The molecule has 20 heavy (non-hydrogen) atoms. The van der Waals surface area contributed by atoms with Gasteiger partial charge in [0.05, 0.1) is 11.8 Å². The molecule has 2 unspecified atom stereocenters. The molecule has 0 spiro atoms. The van der Waals surface area contributed by atoms with Gasteiger partial charge in [-0.05, 0) is 24.8 Å². The number of carbonyl (C=O) groups is 2. The molecule has 0 aliphatic carbocycles. The first kappa shape index (κ1) is 14.8. The SMILES string of the molecule is O=C(O)CC1CCCN(C(=O)NC2C=CS(=O)(=O)C2)C1. The quantitative estimate of drug-likeness (QED) is 0.774. The minimum absolute atomic E-state index is 0.0325. The normalized spacial score (nSPS) is 28.3. The fourth-order valence-corrected chi connectivity index (χ4v) is 3.81. The minimum Gasteiger partial charge on any atom is -0.481 e. The third kappa shape index (κ3) is 3.96. The summed E-state index contributed by atoms with van der Waals surface area (Å²) in [5.41, 5.74) is 0. The van der Waals surface area contributed by atoms with Crippen LogP contribution in [0.2, 0.25) is 0 Å². The van der Waals surface area contributed by atoms with Crippen LogP contribution in [0.15, 0.2) is 11.5 Å². The molecular formula is C12H18N2O5S. The third-order valence-corrected chi connectivity index (χ3v) is 4.90. The first-order chi connectivity index (χ1) is 9.35. The van der Waals surface area contributed by atoms with Gasteiger partial charge < -0.3 is 15.3 Å². The zero-order chi connectivity index (χ0) is 14.8. The maximum absolute atomic E-state index is 12.0. The van der Waals surface area contributed by atoms with Crippen molar-refractivity contribution >= 4 is 21.8 Å². The van der Waals surface area contributed by atoms with Crippen LogP contribution >= 0.6 is 0 Å². The Balaban J connectivity index is 1.86. The van der Waals surface area contributed by atoms with Crippen molar-refractivity contribution in [3.8, 4) is 0 Å². The number of carbonyl (C=O) groups excluding carboxylic acids is 1. The van der Waals surface area contributed by atoms with Gasteiger partial charge in [-0.2, -0.15) is 0 Å². The van der Waals surface area contributed by atoms with Crippen LogP contribution in [0.25, 0.3) is 0 Å². The number of piperidine rings is 1. The lowest BCUT2D eigenvalue weighted by Gasteiger charge is -2.32. The largest absolute Gasteiger partial charge is 0.481 e. The zero-order valence-corrected chi connectivity index (χ0v) is 11.8. The van der Waals surface area contributed by atoms with E-state index in [0.717, 1.165) is 18.2 Å². The molecule has 112 valence electrons. The lowest BCUT2D eigenvalue weighted by atomic mass is 9.95. The van der Waals surface area contributed by atoms with Crippen LogP contribution in [0.3, 0.4) is 0 Å². The minimum atomic E-state index is -3.19. The Morgan fingerprint density at radius 2 is 2.15 bits per heavy atom. The molecule has 0 bridgehead atoms. The predicted molar refractivity (Wildman–Crippen MR) is 71.8 cm³/mol. The lowest BCUT2D eigenvalue weighted by molar-refractivity contribution is -0.138. The fourth-order valence-electron chi connectivity index (χ4n) is 2.58. The van der Waals surface area contributed by atoms with E-state index in [9.17, 15) is 18.0 Å². The molecule has 2 amide bonds. The Labute approximate surface area is 117 Å². The van der Waals surface area contributed by atoms with Gasteiger partial charge >= 0.3 is 12.0 Å². The maximum atomic E-state index is 12.0. The van der Waals surface area contributed by atoms with E-state index in [-0.39, 0.29) is 24.1 Å². The van der Waals surface area contributed by atoms with Crippen molar-refractivity contribution in [3.05, 3.63) is 11.5 Å². The highest BCUT2D eigenvalue weighted by molar-refractivity contribution is 7.94. The highest BCUT2D eigenvalue weighted by Gasteiger charge is 2.28. The Morgan fingerprint density at radius 3 is 2.75 bits per heavy atom. The van der Waals surface area contributed by atoms with Crippen molar-refractivity contribution < 1.29 is 23.1 Å².